The third kappa shape index (κ3) is 2.53. The molecule has 0 saturated carbocycles. The van der Waals surface area contributed by atoms with Crippen LogP contribution in [0.4, 0.5) is 10.2 Å². The van der Waals surface area contributed by atoms with Crippen LogP contribution in [0, 0.1) is 5.82 Å². The van der Waals surface area contributed by atoms with Gasteiger partial charge in [-0.15, -0.1) is 0 Å². The molecule has 0 aliphatic carbocycles. The number of pyridine rings is 2. The average molecular weight is 285 g/mol. The Kier molecular flexibility index (Phi) is 3.23. The van der Waals surface area contributed by atoms with Crippen LogP contribution >= 0.6 is 0 Å². The van der Waals surface area contributed by atoms with E-state index in [1.54, 1.807) is 12.4 Å². The van der Waals surface area contributed by atoms with E-state index in [2.05, 4.69) is 20.3 Å². The van der Waals surface area contributed by atoms with Crippen LogP contribution < -0.4 is 11.1 Å². The molecule has 106 valence electrons. The van der Waals surface area contributed by atoms with E-state index < -0.39 is 11.7 Å². The number of nitrogens with zero attached hydrogens (tertiary/aromatic N) is 2. The molecule has 0 aliphatic heterocycles. The monoisotopic (exact) mass is 285 g/mol. The summed E-state index contributed by atoms with van der Waals surface area (Å²) < 4.78 is 13.1. The number of rotatable bonds is 4. The number of carbonyl (C=O) groups is 1. The van der Waals surface area contributed by atoms with Crippen molar-refractivity contribution in [1.82, 2.24) is 15.0 Å². The normalized spacial score (nSPS) is 10.7. The van der Waals surface area contributed by atoms with E-state index >= 15 is 0 Å². The number of hydrogen-bond donors (Lipinski definition) is 3. The van der Waals surface area contributed by atoms with Crippen molar-refractivity contribution in [3.8, 4) is 0 Å². The Morgan fingerprint density at radius 1 is 1.38 bits per heavy atom. The van der Waals surface area contributed by atoms with Crippen molar-refractivity contribution in [3.05, 3.63) is 53.7 Å². The standard InChI is InChI=1S/C14H12FN5O/c15-9-5-11(12(16)21)14(20-7-9)19-6-8-1-3-17-13-10(8)2-4-18-13/h1-5,7H,6H2,(H2,16,21)(H,17,18)(H,19,20). The van der Waals surface area contributed by atoms with Crippen LogP contribution in [0.2, 0.25) is 0 Å². The Morgan fingerprint density at radius 3 is 3.05 bits per heavy atom. The SMILES string of the molecule is NC(=O)c1cc(F)cnc1NCc1ccnc2[nH]ccc12. The topological polar surface area (TPSA) is 96.7 Å². The zero-order valence-corrected chi connectivity index (χ0v) is 10.9. The predicted octanol–water partition coefficient (Wildman–Crippen LogP) is 1.81. The molecule has 6 nitrogen and oxygen atoms in total. The molecule has 0 atom stereocenters. The van der Waals surface area contributed by atoms with E-state index in [1.165, 1.54) is 0 Å². The van der Waals surface area contributed by atoms with Crippen molar-refractivity contribution in [2.24, 2.45) is 5.73 Å². The largest absolute Gasteiger partial charge is 0.365 e. The molecule has 0 unspecified atom stereocenters. The summed E-state index contributed by atoms with van der Waals surface area (Å²) in [6, 6.07) is 4.83. The molecule has 21 heavy (non-hydrogen) atoms. The number of carbonyl (C=O) groups excluding carboxylic acids is 1. The van der Waals surface area contributed by atoms with Gasteiger partial charge < -0.3 is 16.0 Å². The van der Waals surface area contributed by atoms with E-state index in [0.717, 1.165) is 28.9 Å². The number of aromatic nitrogens is 3. The van der Waals surface area contributed by atoms with Crippen LogP contribution in [0.5, 0.6) is 0 Å². The Labute approximate surface area is 119 Å². The fourth-order valence-corrected chi connectivity index (χ4v) is 2.12. The highest BCUT2D eigenvalue weighted by molar-refractivity contribution is 5.97. The van der Waals surface area contributed by atoms with Crippen molar-refractivity contribution in [1.29, 1.82) is 0 Å². The van der Waals surface area contributed by atoms with Gasteiger partial charge in [0.25, 0.3) is 5.91 Å². The molecule has 3 aromatic heterocycles. The van der Waals surface area contributed by atoms with Crippen molar-refractivity contribution in [3.63, 3.8) is 0 Å². The van der Waals surface area contributed by atoms with Crippen LogP contribution in [-0.2, 0) is 6.54 Å². The summed E-state index contributed by atoms with van der Waals surface area (Å²) in [7, 11) is 0. The zero-order valence-electron chi connectivity index (χ0n) is 10.9. The molecule has 0 saturated heterocycles. The van der Waals surface area contributed by atoms with Crippen molar-refractivity contribution in [2.45, 2.75) is 6.54 Å². The predicted molar refractivity (Wildman–Crippen MR) is 76.1 cm³/mol. The number of amides is 1. The number of fused-ring (bicyclic) bond motifs is 1. The van der Waals surface area contributed by atoms with Gasteiger partial charge in [-0.3, -0.25) is 4.79 Å². The molecule has 7 heteroatoms. The molecule has 0 aromatic carbocycles. The Morgan fingerprint density at radius 2 is 2.24 bits per heavy atom. The highest BCUT2D eigenvalue weighted by Gasteiger charge is 2.11. The van der Waals surface area contributed by atoms with Crippen LogP contribution in [0.25, 0.3) is 11.0 Å². The van der Waals surface area contributed by atoms with E-state index in [0.29, 0.717) is 6.54 Å². The molecule has 0 spiro atoms. The number of H-pyrrole nitrogens is 1. The number of primary amides is 1. The number of hydrogen-bond acceptors (Lipinski definition) is 4. The number of aromatic amines is 1. The molecular formula is C14H12FN5O. The second-order valence-electron chi connectivity index (χ2n) is 4.48. The first-order chi connectivity index (χ1) is 10.1. The number of halogens is 1. The highest BCUT2D eigenvalue weighted by atomic mass is 19.1. The van der Waals surface area contributed by atoms with E-state index in [9.17, 15) is 9.18 Å². The molecule has 0 aliphatic rings. The van der Waals surface area contributed by atoms with Crippen LogP contribution in [0.1, 0.15) is 15.9 Å². The molecule has 0 bridgehead atoms. The lowest BCUT2D eigenvalue weighted by atomic mass is 10.2. The zero-order chi connectivity index (χ0) is 14.8. The maximum absolute atomic E-state index is 13.1. The summed E-state index contributed by atoms with van der Waals surface area (Å²) in [6.45, 7) is 0.412. The Bertz CT molecular complexity index is 814. The van der Waals surface area contributed by atoms with Gasteiger partial charge in [-0.25, -0.2) is 14.4 Å². The van der Waals surface area contributed by atoms with E-state index in [1.807, 2.05) is 12.1 Å². The summed E-state index contributed by atoms with van der Waals surface area (Å²) >= 11 is 0. The highest BCUT2D eigenvalue weighted by Crippen LogP contribution is 2.18. The fraction of sp³-hybridized carbons (Fsp3) is 0.0714. The molecule has 1 amide bonds. The quantitative estimate of drug-likeness (QED) is 0.681. The molecule has 3 heterocycles. The molecule has 4 N–H and O–H groups in total. The maximum atomic E-state index is 13.1. The lowest BCUT2D eigenvalue weighted by Crippen LogP contribution is -2.16. The second-order valence-corrected chi connectivity index (χ2v) is 4.48. The molecule has 0 radical (unpaired) electrons. The van der Waals surface area contributed by atoms with Gasteiger partial charge in [-0.05, 0) is 23.8 Å². The van der Waals surface area contributed by atoms with Gasteiger partial charge in [0.15, 0.2) is 0 Å². The number of anilines is 1. The minimum atomic E-state index is -0.731. The van der Waals surface area contributed by atoms with Gasteiger partial charge >= 0.3 is 0 Å². The first-order valence-corrected chi connectivity index (χ1v) is 6.25. The first kappa shape index (κ1) is 13.0. The van der Waals surface area contributed by atoms with Crippen LogP contribution in [0.15, 0.2) is 36.8 Å². The number of nitrogens with two attached hydrogens (primary N) is 1. The third-order valence-electron chi connectivity index (χ3n) is 3.12. The molecule has 3 aromatic rings. The average Bonchev–Trinajstić information content (AvgIpc) is 2.94. The van der Waals surface area contributed by atoms with Crippen LogP contribution in [-0.4, -0.2) is 20.9 Å². The summed E-state index contributed by atoms with van der Waals surface area (Å²) in [6.07, 6.45) is 4.52. The van der Waals surface area contributed by atoms with Gasteiger partial charge in [0.2, 0.25) is 0 Å². The van der Waals surface area contributed by atoms with E-state index in [4.69, 9.17) is 5.73 Å². The van der Waals surface area contributed by atoms with Crippen molar-refractivity contribution < 1.29 is 9.18 Å². The minimum Gasteiger partial charge on any atom is -0.365 e. The summed E-state index contributed by atoms with van der Waals surface area (Å²) in [5, 5.41) is 3.97. The van der Waals surface area contributed by atoms with Gasteiger partial charge in [0.05, 0.1) is 11.8 Å². The summed E-state index contributed by atoms with van der Waals surface area (Å²) in [5.74, 6) is -1.08. The second kappa shape index (κ2) is 5.20. The van der Waals surface area contributed by atoms with Gasteiger partial charge in [0, 0.05) is 24.3 Å². The molecular weight excluding hydrogens is 273 g/mol. The third-order valence-corrected chi connectivity index (χ3v) is 3.12. The number of nitrogens with one attached hydrogen (secondary N) is 2. The summed E-state index contributed by atoms with van der Waals surface area (Å²) in [5.41, 5.74) is 7.00. The molecule has 0 fully saturated rings. The Balaban J connectivity index is 1.88. The van der Waals surface area contributed by atoms with Gasteiger partial charge in [-0.1, -0.05) is 0 Å². The van der Waals surface area contributed by atoms with Crippen molar-refractivity contribution >= 4 is 22.8 Å². The molecule has 3 rings (SSSR count). The summed E-state index contributed by atoms with van der Waals surface area (Å²) in [4.78, 5) is 22.4. The van der Waals surface area contributed by atoms with Crippen molar-refractivity contribution in [2.75, 3.05) is 5.32 Å². The minimum absolute atomic E-state index is 0.0226. The first-order valence-electron chi connectivity index (χ1n) is 6.25. The van der Waals surface area contributed by atoms with Crippen LogP contribution in [0.3, 0.4) is 0 Å². The lowest BCUT2D eigenvalue weighted by molar-refractivity contribution is 0.100. The smallest absolute Gasteiger partial charge is 0.252 e. The maximum Gasteiger partial charge on any atom is 0.252 e. The lowest BCUT2D eigenvalue weighted by Gasteiger charge is -2.09. The van der Waals surface area contributed by atoms with Gasteiger partial charge in [0.1, 0.15) is 17.3 Å². The fourth-order valence-electron chi connectivity index (χ4n) is 2.12. The van der Waals surface area contributed by atoms with Gasteiger partial charge in [-0.2, -0.15) is 0 Å². The Hall–Kier alpha value is -2.96. The van der Waals surface area contributed by atoms with E-state index in [-0.39, 0.29) is 11.4 Å².